The van der Waals surface area contributed by atoms with E-state index < -0.39 is 47.4 Å². The first-order valence-corrected chi connectivity index (χ1v) is 11.6. The summed E-state index contributed by atoms with van der Waals surface area (Å²) in [7, 11) is 0. The predicted octanol–water partition coefficient (Wildman–Crippen LogP) is 2.65. The van der Waals surface area contributed by atoms with Crippen LogP contribution in [-0.4, -0.2) is 58.4 Å². The van der Waals surface area contributed by atoms with E-state index in [-0.39, 0.29) is 41.9 Å². The number of rotatable bonds is 5. The second-order valence-electron chi connectivity index (χ2n) is 8.80. The Hall–Kier alpha value is -3.35. The Morgan fingerprint density at radius 3 is 2.61 bits per heavy atom. The largest absolute Gasteiger partial charge is 0.416 e. The van der Waals surface area contributed by atoms with Gasteiger partial charge in [-0.2, -0.15) is 17.6 Å². The molecule has 1 aromatic heterocycles. The van der Waals surface area contributed by atoms with Crippen molar-refractivity contribution in [2.75, 3.05) is 35.6 Å². The Balaban J connectivity index is 1.57. The number of hydrogen-bond donors (Lipinski definition) is 3. The maximum absolute atomic E-state index is 14.6. The topological polar surface area (TPSA) is 130 Å². The van der Waals surface area contributed by atoms with Crippen molar-refractivity contribution in [2.24, 2.45) is 11.7 Å². The number of amides is 2. The number of aromatic nitrogens is 2. The van der Waals surface area contributed by atoms with E-state index in [4.69, 9.17) is 23.1 Å². The summed E-state index contributed by atoms with van der Waals surface area (Å²) in [6.45, 7) is 0.621. The molecule has 194 valence electrons. The molecule has 2 aliphatic heterocycles. The van der Waals surface area contributed by atoms with E-state index in [0.29, 0.717) is 19.4 Å². The van der Waals surface area contributed by atoms with Crippen LogP contribution in [0.15, 0.2) is 24.5 Å². The third-order valence-corrected chi connectivity index (χ3v) is 6.70. The molecule has 9 nitrogen and oxygen atoms in total. The molecule has 2 amide bonds. The Kier molecular flexibility index (Phi) is 7.12. The lowest BCUT2D eigenvalue weighted by Gasteiger charge is -2.46. The SMILES string of the molecule is NC(=O)[C@H]1CCN(c2ncnc(N)c2F)C[C@@H]1N1CCCC(Nc2cc(Cl)cc(C(F)(F)F)c2)C1=O. The normalized spacial score (nSPS) is 23.0. The second kappa shape index (κ2) is 9.96. The Labute approximate surface area is 208 Å². The maximum Gasteiger partial charge on any atom is 0.416 e. The van der Waals surface area contributed by atoms with E-state index in [1.807, 2.05) is 0 Å². The number of hydrogen-bond acceptors (Lipinski definition) is 7. The van der Waals surface area contributed by atoms with E-state index in [0.717, 1.165) is 18.5 Å². The number of nitrogens with one attached hydrogen (secondary N) is 1. The lowest BCUT2D eigenvalue weighted by atomic mass is 9.87. The standard InChI is InChI=1S/C22H24ClF4N7O2/c23-12-6-11(22(25,26)27)7-13(8-12)32-15-2-1-4-34(21(15)36)16-9-33(5-3-14(16)19(29)35)20-17(24)18(28)30-10-31-20/h6-8,10,14-16,32H,1-5,9H2,(H2,29,35)(H2,28,30,31)/t14-,15?,16-/m0/s1. The first kappa shape index (κ1) is 25.7. The van der Waals surface area contributed by atoms with E-state index >= 15 is 0 Å². The fraction of sp³-hybridized carbons (Fsp3) is 0.455. The molecule has 14 heteroatoms. The van der Waals surface area contributed by atoms with Crippen molar-refractivity contribution >= 4 is 40.7 Å². The molecule has 2 fully saturated rings. The molecule has 5 N–H and O–H groups in total. The number of nitrogens with zero attached hydrogens (tertiary/aromatic N) is 4. The average molecular weight is 530 g/mol. The highest BCUT2D eigenvalue weighted by Gasteiger charge is 2.43. The zero-order chi connectivity index (χ0) is 26.2. The summed E-state index contributed by atoms with van der Waals surface area (Å²) in [5, 5.41) is 2.72. The number of carbonyl (C=O) groups is 2. The first-order valence-electron chi connectivity index (χ1n) is 11.2. The second-order valence-corrected chi connectivity index (χ2v) is 9.24. The molecule has 0 radical (unpaired) electrons. The van der Waals surface area contributed by atoms with E-state index in [1.54, 1.807) is 4.90 Å². The molecule has 0 spiro atoms. The highest BCUT2D eigenvalue weighted by atomic mass is 35.5. The molecule has 3 heterocycles. The molecule has 1 aromatic carbocycles. The number of likely N-dealkylation sites (tertiary alicyclic amines) is 1. The molecule has 2 aromatic rings. The maximum atomic E-state index is 14.6. The van der Waals surface area contributed by atoms with Gasteiger partial charge in [0.15, 0.2) is 11.6 Å². The van der Waals surface area contributed by atoms with Gasteiger partial charge in [-0.25, -0.2) is 9.97 Å². The molecule has 4 rings (SSSR count). The molecule has 2 aliphatic rings. The zero-order valence-electron chi connectivity index (χ0n) is 18.9. The summed E-state index contributed by atoms with van der Waals surface area (Å²) >= 11 is 5.87. The summed E-state index contributed by atoms with van der Waals surface area (Å²) in [5.41, 5.74) is 10.3. The Morgan fingerprint density at radius 1 is 1.17 bits per heavy atom. The van der Waals surface area contributed by atoms with Crippen LogP contribution in [0.1, 0.15) is 24.8 Å². The van der Waals surface area contributed by atoms with Crippen LogP contribution in [0.4, 0.5) is 34.9 Å². The van der Waals surface area contributed by atoms with Crippen molar-refractivity contribution in [2.45, 2.75) is 37.5 Å². The Bertz CT molecular complexity index is 1170. The van der Waals surface area contributed by atoms with Gasteiger partial charge < -0.3 is 26.6 Å². The van der Waals surface area contributed by atoms with E-state index in [1.165, 1.54) is 11.0 Å². The average Bonchev–Trinajstić information content (AvgIpc) is 2.81. The molecule has 3 atom stereocenters. The molecule has 36 heavy (non-hydrogen) atoms. The summed E-state index contributed by atoms with van der Waals surface area (Å²) in [6, 6.07) is 1.44. The third-order valence-electron chi connectivity index (χ3n) is 6.48. The van der Waals surface area contributed by atoms with Crippen LogP contribution >= 0.6 is 11.6 Å². The quantitative estimate of drug-likeness (QED) is 0.508. The number of piperidine rings is 2. The van der Waals surface area contributed by atoms with Crippen LogP contribution in [0.3, 0.4) is 0 Å². The number of nitrogen functional groups attached to an aromatic ring is 1. The van der Waals surface area contributed by atoms with Gasteiger partial charge in [-0.15, -0.1) is 0 Å². The van der Waals surface area contributed by atoms with Gasteiger partial charge in [0.1, 0.15) is 12.4 Å². The third kappa shape index (κ3) is 5.25. The van der Waals surface area contributed by atoms with Gasteiger partial charge in [0, 0.05) is 30.3 Å². The van der Waals surface area contributed by atoms with Gasteiger partial charge in [0.25, 0.3) is 0 Å². The number of anilines is 3. The number of halogens is 5. The molecule has 0 bridgehead atoms. The number of alkyl halides is 3. The summed E-state index contributed by atoms with van der Waals surface area (Å²) in [6.07, 6.45) is -2.36. The first-order chi connectivity index (χ1) is 17.0. The van der Waals surface area contributed by atoms with Crippen molar-refractivity contribution in [3.8, 4) is 0 Å². The van der Waals surface area contributed by atoms with E-state index in [2.05, 4.69) is 15.3 Å². The predicted molar refractivity (Wildman–Crippen MR) is 125 cm³/mol. The van der Waals surface area contributed by atoms with Gasteiger partial charge >= 0.3 is 6.18 Å². The van der Waals surface area contributed by atoms with Crippen molar-refractivity contribution < 1.29 is 27.2 Å². The molecule has 1 unspecified atom stereocenters. The Morgan fingerprint density at radius 2 is 1.92 bits per heavy atom. The van der Waals surface area contributed by atoms with Gasteiger partial charge in [-0.05, 0) is 37.5 Å². The summed E-state index contributed by atoms with van der Waals surface area (Å²) in [5.74, 6) is -2.89. The molecule has 0 aliphatic carbocycles. The van der Waals surface area contributed by atoms with Crippen molar-refractivity contribution in [3.63, 3.8) is 0 Å². The highest BCUT2D eigenvalue weighted by molar-refractivity contribution is 6.31. The van der Waals surface area contributed by atoms with Gasteiger partial charge in [0.05, 0.1) is 17.5 Å². The number of carbonyl (C=O) groups excluding carboxylic acids is 2. The van der Waals surface area contributed by atoms with E-state index in [9.17, 15) is 27.2 Å². The smallest absolute Gasteiger partial charge is 0.381 e. The molecular formula is C22H24ClF4N7O2. The van der Waals surface area contributed by atoms with Crippen LogP contribution < -0.4 is 21.7 Å². The lowest BCUT2D eigenvalue weighted by Crippen LogP contribution is -2.61. The van der Waals surface area contributed by atoms with Crippen molar-refractivity contribution in [1.82, 2.24) is 14.9 Å². The molecule has 0 saturated carbocycles. The van der Waals surface area contributed by atoms with Gasteiger partial charge in [0.2, 0.25) is 17.6 Å². The monoisotopic (exact) mass is 529 g/mol. The van der Waals surface area contributed by atoms with Crippen LogP contribution in [0, 0.1) is 11.7 Å². The van der Waals surface area contributed by atoms with Crippen LogP contribution in [-0.2, 0) is 15.8 Å². The summed E-state index contributed by atoms with van der Waals surface area (Å²) < 4.78 is 54.2. The summed E-state index contributed by atoms with van der Waals surface area (Å²) in [4.78, 5) is 36.3. The van der Waals surface area contributed by atoms with Crippen LogP contribution in [0.5, 0.6) is 0 Å². The highest BCUT2D eigenvalue weighted by Crippen LogP contribution is 2.35. The number of benzene rings is 1. The van der Waals surface area contributed by atoms with Crippen LogP contribution in [0.2, 0.25) is 5.02 Å². The fourth-order valence-corrected chi connectivity index (χ4v) is 5.00. The zero-order valence-corrected chi connectivity index (χ0v) is 19.7. The van der Waals surface area contributed by atoms with Gasteiger partial charge in [-0.3, -0.25) is 9.59 Å². The van der Waals surface area contributed by atoms with Crippen LogP contribution in [0.25, 0.3) is 0 Å². The lowest BCUT2D eigenvalue weighted by molar-refractivity contribution is -0.140. The molecular weight excluding hydrogens is 506 g/mol. The molecule has 2 saturated heterocycles. The minimum absolute atomic E-state index is 0.0466. The van der Waals surface area contributed by atoms with Crippen molar-refractivity contribution in [1.29, 1.82) is 0 Å². The minimum atomic E-state index is -4.61. The number of primary amides is 1. The fourth-order valence-electron chi connectivity index (χ4n) is 4.77. The number of nitrogens with two attached hydrogens (primary N) is 2. The van der Waals surface area contributed by atoms with Crippen molar-refractivity contribution in [3.05, 3.63) is 40.9 Å². The van der Waals surface area contributed by atoms with Gasteiger partial charge in [-0.1, -0.05) is 11.6 Å². The minimum Gasteiger partial charge on any atom is -0.381 e.